The molecule has 1 amide bonds. The minimum atomic E-state index is -0.486. The lowest BCUT2D eigenvalue weighted by Crippen LogP contribution is -2.33. The Hall–Kier alpha value is -1.35. The van der Waals surface area contributed by atoms with Gasteiger partial charge in [0, 0.05) is 5.69 Å². The van der Waals surface area contributed by atoms with Crippen molar-refractivity contribution in [2.75, 3.05) is 5.32 Å². The normalized spacial score (nSPS) is 12.6. The number of para-hydroxylation sites is 1. The summed E-state index contributed by atoms with van der Waals surface area (Å²) in [6.07, 6.45) is 0. The maximum atomic E-state index is 11.6. The van der Waals surface area contributed by atoms with Gasteiger partial charge in [0.15, 0.2) is 0 Å². The highest BCUT2D eigenvalue weighted by Gasteiger charge is 2.13. The summed E-state index contributed by atoms with van der Waals surface area (Å²) < 4.78 is 0. The summed E-state index contributed by atoms with van der Waals surface area (Å²) in [5.41, 5.74) is 8.67. The molecule has 0 bridgehead atoms. The third kappa shape index (κ3) is 2.83. The Kier molecular flexibility index (Phi) is 4.07. The number of hydrogen-bond acceptors (Lipinski definition) is 2. The predicted molar refractivity (Wildman–Crippen MR) is 67.5 cm³/mol. The third-order valence-electron chi connectivity index (χ3n) is 2.59. The van der Waals surface area contributed by atoms with E-state index in [9.17, 15) is 4.79 Å². The van der Waals surface area contributed by atoms with E-state index in [1.807, 2.05) is 25.1 Å². The smallest absolute Gasteiger partial charge is 0.241 e. The van der Waals surface area contributed by atoms with Crippen LogP contribution in [0.4, 0.5) is 5.69 Å². The van der Waals surface area contributed by atoms with Gasteiger partial charge in [0.2, 0.25) is 5.91 Å². The van der Waals surface area contributed by atoms with Crippen LogP contribution in [-0.4, -0.2) is 11.9 Å². The van der Waals surface area contributed by atoms with Crippen molar-refractivity contribution in [1.29, 1.82) is 0 Å². The molecule has 16 heavy (non-hydrogen) atoms. The molecule has 0 spiro atoms. The van der Waals surface area contributed by atoms with Gasteiger partial charge in [-0.25, -0.2) is 0 Å². The van der Waals surface area contributed by atoms with Crippen molar-refractivity contribution in [2.24, 2.45) is 5.73 Å². The van der Waals surface area contributed by atoms with Crippen LogP contribution in [0.3, 0.4) is 0 Å². The second-order valence-electron chi connectivity index (χ2n) is 4.47. The van der Waals surface area contributed by atoms with Crippen LogP contribution < -0.4 is 11.1 Å². The molecule has 88 valence electrons. The van der Waals surface area contributed by atoms with Crippen LogP contribution >= 0.6 is 0 Å². The van der Waals surface area contributed by atoms with Crippen molar-refractivity contribution in [2.45, 2.75) is 39.7 Å². The Labute approximate surface area is 97.0 Å². The van der Waals surface area contributed by atoms with Crippen molar-refractivity contribution in [3.63, 3.8) is 0 Å². The molecule has 3 heteroatoms. The number of aryl methyl sites for hydroxylation is 1. The Balaban J connectivity index is 3.06. The Bertz CT molecular complexity index is 384. The fourth-order valence-corrected chi connectivity index (χ4v) is 1.58. The van der Waals surface area contributed by atoms with E-state index in [0.717, 1.165) is 16.8 Å². The zero-order valence-electron chi connectivity index (χ0n) is 10.4. The number of carbonyl (C=O) groups is 1. The van der Waals surface area contributed by atoms with Gasteiger partial charge in [-0.2, -0.15) is 0 Å². The first-order valence-corrected chi connectivity index (χ1v) is 5.59. The molecule has 0 heterocycles. The maximum absolute atomic E-state index is 11.6. The quantitative estimate of drug-likeness (QED) is 0.821. The minimum Gasteiger partial charge on any atom is -0.324 e. The van der Waals surface area contributed by atoms with E-state index in [1.54, 1.807) is 6.92 Å². The number of rotatable bonds is 3. The van der Waals surface area contributed by atoms with E-state index in [0.29, 0.717) is 5.92 Å². The number of nitrogens with two attached hydrogens (primary N) is 1. The van der Waals surface area contributed by atoms with Gasteiger partial charge in [-0.05, 0) is 30.9 Å². The summed E-state index contributed by atoms with van der Waals surface area (Å²) in [4.78, 5) is 11.6. The molecular formula is C13H20N2O. The Morgan fingerprint density at radius 1 is 1.31 bits per heavy atom. The molecular weight excluding hydrogens is 200 g/mol. The van der Waals surface area contributed by atoms with Crippen LogP contribution in [0.1, 0.15) is 37.8 Å². The van der Waals surface area contributed by atoms with Gasteiger partial charge in [-0.15, -0.1) is 0 Å². The summed E-state index contributed by atoms with van der Waals surface area (Å²) in [6, 6.07) is 5.54. The molecule has 3 nitrogen and oxygen atoms in total. The molecule has 0 radical (unpaired) electrons. The molecule has 0 aliphatic carbocycles. The van der Waals surface area contributed by atoms with Crippen molar-refractivity contribution >= 4 is 11.6 Å². The molecule has 3 N–H and O–H groups in total. The van der Waals surface area contributed by atoms with E-state index >= 15 is 0 Å². The van der Waals surface area contributed by atoms with Crippen LogP contribution in [0.15, 0.2) is 18.2 Å². The van der Waals surface area contributed by atoms with Crippen LogP contribution in [0.25, 0.3) is 0 Å². The first-order chi connectivity index (χ1) is 7.43. The highest BCUT2D eigenvalue weighted by Crippen LogP contribution is 2.27. The molecule has 0 aliphatic rings. The summed E-state index contributed by atoms with van der Waals surface area (Å²) in [6.45, 7) is 7.89. The van der Waals surface area contributed by atoms with Gasteiger partial charge in [0.1, 0.15) is 0 Å². The Morgan fingerprint density at radius 2 is 1.94 bits per heavy atom. The van der Waals surface area contributed by atoms with Gasteiger partial charge < -0.3 is 11.1 Å². The summed E-state index contributed by atoms with van der Waals surface area (Å²) in [5.74, 6) is 0.236. The fraction of sp³-hybridized carbons (Fsp3) is 0.462. The maximum Gasteiger partial charge on any atom is 0.241 e. The molecule has 0 aromatic heterocycles. The first-order valence-electron chi connectivity index (χ1n) is 5.59. The van der Waals surface area contributed by atoms with E-state index in [2.05, 4.69) is 19.2 Å². The number of anilines is 1. The van der Waals surface area contributed by atoms with E-state index < -0.39 is 6.04 Å². The van der Waals surface area contributed by atoms with Crippen LogP contribution in [-0.2, 0) is 4.79 Å². The minimum absolute atomic E-state index is 0.142. The SMILES string of the molecule is Cc1cccc(C(C)C)c1NC(=O)C(C)N. The van der Waals surface area contributed by atoms with Crippen molar-refractivity contribution in [1.82, 2.24) is 0 Å². The van der Waals surface area contributed by atoms with Crippen LogP contribution in [0, 0.1) is 6.92 Å². The van der Waals surface area contributed by atoms with E-state index in [-0.39, 0.29) is 5.91 Å². The topological polar surface area (TPSA) is 55.1 Å². The van der Waals surface area contributed by atoms with Gasteiger partial charge >= 0.3 is 0 Å². The van der Waals surface area contributed by atoms with E-state index in [1.165, 1.54) is 0 Å². The fourth-order valence-electron chi connectivity index (χ4n) is 1.58. The number of carbonyl (C=O) groups excluding carboxylic acids is 1. The Morgan fingerprint density at radius 3 is 2.44 bits per heavy atom. The van der Waals surface area contributed by atoms with Crippen LogP contribution in [0.2, 0.25) is 0 Å². The summed E-state index contributed by atoms with van der Waals surface area (Å²) >= 11 is 0. The van der Waals surface area contributed by atoms with Gasteiger partial charge in [0.25, 0.3) is 0 Å². The molecule has 1 atom stereocenters. The zero-order chi connectivity index (χ0) is 12.3. The highest BCUT2D eigenvalue weighted by atomic mass is 16.2. The van der Waals surface area contributed by atoms with Crippen LogP contribution in [0.5, 0.6) is 0 Å². The van der Waals surface area contributed by atoms with Gasteiger partial charge in [-0.3, -0.25) is 4.79 Å². The molecule has 0 saturated carbocycles. The lowest BCUT2D eigenvalue weighted by atomic mass is 9.98. The lowest BCUT2D eigenvalue weighted by Gasteiger charge is -2.17. The summed E-state index contributed by atoms with van der Waals surface area (Å²) in [7, 11) is 0. The zero-order valence-corrected chi connectivity index (χ0v) is 10.4. The van der Waals surface area contributed by atoms with E-state index in [4.69, 9.17) is 5.73 Å². The molecule has 1 aromatic rings. The van der Waals surface area contributed by atoms with Gasteiger partial charge in [0.05, 0.1) is 6.04 Å². The third-order valence-corrected chi connectivity index (χ3v) is 2.59. The number of amides is 1. The molecule has 1 rings (SSSR count). The average molecular weight is 220 g/mol. The second-order valence-corrected chi connectivity index (χ2v) is 4.47. The largest absolute Gasteiger partial charge is 0.324 e. The number of benzene rings is 1. The highest BCUT2D eigenvalue weighted by molar-refractivity contribution is 5.95. The predicted octanol–water partition coefficient (Wildman–Crippen LogP) is 2.40. The first kappa shape index (κ1) is 12.7. The second kappa shape index (κ2) is 5.12. The molecule has 0 aliphatic heterocycles. The average Bonchev–Trinajstić information content (AvgIpc) is 2.20. The monoisotopic (exact) mass is 220 g/mol. The summed E-state index contributed by atoms with van der Waals surface area (Å²) in [5, 5.41) is 2.90. The van der Waals surface area contributed by atoms with Crippen molar-refractivity contribution in [3.05, 3.63) is 29.3 Å². The van der Waals surface area contributed by atoms with Crippen molar-refractivity contribution in [3.8, 4) is 0 Å². The molecule has 0 fully saturated rings. The van der Waals surface area contributed by atoms with Gasteiger partial charge in [-0.1, -0.05) is 32.0 Å². The molecule has 1 aromatic carbocycles. The number of nitrogens with one attached hydrogen (secondary N) is 1. The molecule has 0 saturated heterocycles. The lowest BCUT2D eigenvalue weighted by molar-refractivity contribution is -0.117. The number of hydrogen-bond donors (Lipinski definition) is 2. The molecule has 1 unspecified atom stereocenters. The van der Waals surface area contributed by atoms with Crippen molar-refractivity contribution < 1.29 is 4.79 Å². The standard InChI is InChI=1S/C13H20N2O/c1-8(2)11-7-5-6-9(3)12(11)15-13(16)10(4)14/h5-8,10H,14H2,1-4H3,(H,15,16).